The van der Waals surface area contributed by atoms with Crippen molar-refractivity contribution in [3.63, 3.8) is 0 Å². The van der Waals surface area contributed by atoms with Gasteiger partial charge in [0.15, 0.2) is 6.29 Å². The Morgan fingerprint density at radius 3 is 2.78 bits per heavy atom. The second kappa shape index (κ2) is 4.96. The molecule has 1 aromatic rings. The van der Waals surface area contributed by atoms with Crippen molar-refractivity contribution >= 4 is 6.09 Å². The third kappa shape index (κ3) is 2.80. The van der Waals surface area contributed by atoms with Crippen LogP contribution in [0.5, 0.6) is 5.75 Å². The maximum Gasteiger partial charge on any atom is 0.412 e. The lowest BCUT2D eigenvalue weighted by Gasteiger charge is -2.18. The Bertz CT molecular complexity index is 444. The van der Waals surface area contributed by atoms with Crippen LogP contribution in [-0.4, -0.2) is 25.3 Å². The van der Waals surface area contributed by atoms with Gasteiger partial charge in [-0.05, 0) is 19.9 Å². The van der Waals surface area contributed by atoms with Gasteiger partial charge < -0.3 is 19.5 Å². The van der Waals surface area contributed by atoms with Gasteiger partial charge in [0.05, 0.1) is 17.8 Å². The summed E-state index contributed by atoms with van der Waals surface area (Å²) in [7, 11) is 1.51. The zero-order chi connectivity index (χ0) is 13.2. The van der Waals surface area contributed by atoms with Crippen molar-refractivity contribution in [3.05, 3.63) is 29.8 Å². The summed E-state index contributed by atoms with van der Waals surface area (Å²) in [6.45, 7) is 4.41. The minimum atomic E-state index is -0.514. The Labute approximate surface area is 106 Å². The van der Waals surface area contributed by atoms with E-state index in [1.807, 2.05) is 26.0 Å². The fourth-order valence-corrected chi connectivity index (χ4v) is 1.71. The van der Waals surface area contributed by atoms with E-state index in [0.717, 1.165) is 0 Å². The van der Waals surface area contributed by atoms with Crippen LogP contribution in [0.4, 0.5) is 4.79 Å². The number of para-hydroxylation sites is 1. The Morgan fingerprint density at radius 2 is 2.17 bits per heavy atom. The fourth-order valence-electron chi connectivity index (χ4n) is 1.71. The quantitative estimate of drug-likeness (QED) is 0.875. The average molecular weight is 251 g/mol. The number of ether oxygens (including phenoxy) is 3. The van der Waals surface area contributed by atoms with Gasteiger partial charge in [-0.1, -0.05) is 18.2 Å². The molecule has 0 aliphatic carbocycles. The first-order chi connectivity index (χ1) is 8.52. The van der Waals surface area contributed by atoms with Crippen LogP contribution < -0.4 is 10.1 Å². The molecule has 1 aliphatic rings. The molecule has 1 amide bonds. The third-order valence-corrected chi connectivity index (χ3v) is 2.59. The van der Waals surface area contributed by atoms with Crippen molar-refractivity contribution < 1.29 is 19.0 Å². The Morgan fingerprint density at radius 1 is 1.44 bits per heavy atom. The highest BCUT2D eigenvalue weighted by Gasteiger charge is 2.35. The van der Waals surface area contributed by atoms with Gasteiger partial charge in [-0.2, -0.15) is 0 Å². The molecule has 0 spiro atoms. The molecule has 0 saturated carbocycles. The molecule has 5 heteroatoms. The summed E-state index contributed by atoms with van der Waals surface area (Å²) >= 11 is 0. The first-order valence-electron chi connectivity index (χ1n) is 5.80. The van der Waals surface area contributed by atoms with E-state index < -0.39 is 12.4 Å². The monoisotopic (exact) mass is 251 g/mol. The zero-order valence-corrected chi connectivity index (χ0v) is 10.7. The standard InChI is InChI=1S/C13H17NO4/c1-13(2)8-16-11(18-13)9-6-4-5-7-10(9)17-12(15)14-3/h4-7,11H,8H2,1-3H3,(H,14,15). The van der Waals surface area contributed by atoms with Crippen LogP contribution in [0.3, 0.4) is 0 Å². The van der Waals surface area contributed by atoms with Crippen LogP contribution in [0.1, 0.15) is 25.7 Å². The van der Waals surface area contributed by atoms with E-state index >= 15 is 0 Å². The third-order valence-electron chi connectivity index (χ3n) is 2.59. The van der Waals surface area contributed by atoms with Crippen molar-refractivity contribution in [1.29, 1.82) is 0 Å². The number of hydrogen-bond acceptors (Lipinski definition) is 4. The van der Waals surface area contributed by atoms with Gasteiger partial charge in [-0.25, -0.2) is 4.79 Å². The van der Waals surface area contributed by atoms with Gasteiger partial charge in [-0.3, -0.25) is 0 Å². The van der Waals surface area contributed by atoms with Crippen molar-refractivity contribution in [1.82, 2.24) is 5.32 Å². The SMILES string of the molecule is CNC(=O)Oc1ccccc1C1OCC(C)(C)O1. The van der Waals surface area contributed by atoms with Crippen molar-refractivity contribution in [3.8, 4) is 5.75 Å². The molecule has 1 fully saturated rings. The summed E-state index contributed by atoms with van der Waals surface area (Å²) in [4.78, 5) is 11.3. The predicted molar refractivity (Wildman–Crippen MR) is 65.4 cm³/mol. The molecule has 1 aromatic carbocycles. The summed E-state index contributed by atoms with van der Waals surface area (Å²) in [5.41, 5.74) is 0.386. The molecule has 2 rings (SSSR count). The summed E-state index contributed by atoms with van der Waals surface area (Å²) in [5, 5.41) is 2.40. The maximum atomic E-state index is 11.3. The lowest BCUT2D eigenvalue weighted by Crippen LogP contribution is -2.23. The molecule has 98 valence electrons. The molecule has 1 N–H and O–H groups in total. The topological polar surface area (TPSA) is 56.8 Å². The molecule has 0 aromatic heterocycles. The first-order valence-corrected chi connectivity index (χ1v) is 5.80. The zero-order valence-electron chi connectivity index (χ0n) is 10.7. The molecule has 5 nitrogen and oxygen atoms in total. The molecule has 1 saturated heterocycles. The van der Waals surface area contributed by atoms with E-state index in [0.29, 0.717) is 17.9 Å². The summed E-state index contributed by atoms with van der Waals surface area (Å²) < 4.78 is 16.5. The first kappa shape index (κ1) is 12.9. The summed E-state index contributed by atoms with van der Waals surface area (Å²) in [5.74, 6) is 0.444. The molecule has 0 radical (unpaired) electrons. The highest BCUT2D eigenvalue weighted by Crippen LogP contribution is 2.37. The van der Waals surface area contributed by atoms with Gasteiger partial charge in [0.1, 0.15) is 5.75 Å². The maximum absolute atomic E-state index is 11.3. The molecule has 0 bridgehead atoms. The summed E-state index contributed by atoms with van der Waals surface area (Å²) in [6, 6.07) is 7.18. The van der Waals surface area contributed by atoms with E-state index in [4.69, 9.17) is 14.2 Å². The van der Waals surface area contributed by atoms with E-state index in [2.05, 4.69) is 5.32 Å². The van der Waals surface area contributed by atoms with E-state index in [1.54, 1.807) is 12.1 Å². The van der Waals surface area contributed by atoms with Gasteiger partial charge in [0.25, 0.3) is 0 Å². The minimum absolute atomic E-state index is 0.329. The Kier molecular flexibility index (Phi) is 3.54. The van der Waals surface area contributed by atoms with Crippen molar-refractivity contribution in [2.45, 2.75) is 25.7 Å². The Balaban J connectivity index is 2.20. The van der Waals surface area contributed by atoms with Gasteiger partial charge >= 0.3 is 6.09 Å². The van der Waals surface area contributed by atoms with Crippen LogP contribution in [0, 0.1) is 0 Å². The largest absolute Gasteiger partial charge is 0.412 e. The molecule has 1 aliphatic heterocycles. The van der Waals surface area contributed by atoms with Crippen LogP contribution in [0.2, 0.25) is 0 Å². The molecular weight excluding hydrogens is 234 g/mol. The number of amides is 1. The van der Waals surface area contributed by atoms with Crippen LogP contribution in [-0.2, 0) is 9.47 Å². The van der Waals surface area contributed by atoms with Crippen molar-refractivity contribution in [2.75, 3.05) is 13.7 Å². The second-order valence-electron chi connectivity index (χ2n) is 4.70. The summed E-state index contributed by atoms with van der Waals surface area (Å²) in [6.07, 6.45) is -1.01. The molecule has 18 heavy (non-hydrogen) atoms. The van der Waals surface area contributed by atoms with E-state index in [-0.39, 0.29) is 5.60 Å². The normalized spacial score (nSPS) is 21.6. The lowest BCUT2D eigenvalue weighted by atomic mass is 10.1. The van der Waals surface area contributed by atoms with Gasteiger partial charge in [0.2, 0.25) is 0 Å². The van der Waals surface area contributed by atoms with E-state index in [1.165, 1.54) is 7.05 Å². The highest BCUT2D eigenvalue weighted by molar-refractivity contribution is 5.70. The smallest absolute Gasteiger partial charge is 0.410 e. The van der Waals surface area contributed by atoms with Crippen LogP contribution in [0.15, 0.2) is 24.3 Å². The van der Waals surface area contributed by atoms with Crippen molar-refractivity contribution in [2.24, 2.45) is 0 Å². The Hall–Kier alpha value is -1.59. The lowest BCUT2D eigenvalue weighted by molar-refractivity contribution is -0.0820. The number of nitrogens with one attached hydrogen (secondary N) is 1. The number of hydrogen-bond donors (Lipinski definition) is 1. The molecular formula is C13H17NO4. The molecule has 1 unspecified atom stereocenters. The molecule has 1 heterocycles. The van der Waals surface area contributed by atoms with Crippen LogP contribution >= 0.6 is 0 Å². The number of carbonyl (C=O) groups excluding carboxylic acids is 1. The molecule has 1 atom stereocenters. The van der Waals surface area contributed by atoms with Gasteiger partial charge in [-0.15, -0.1) is 0 Å². The van der Waals surface area contributed by atoms with Gasteiger partial charge in [0, 0.05) is 7.05 Å². The second-order valence-corrected chi connectivity index (χ2v) is 4.70. The van der Waals surface area contributed by atoms with E-state index in [9.17, 15) is 4.79 Å². The van der Waals surface area contributed by atoms with Crippen LogP contribution in [0.25, 0.3) is 0 Å². The highest BCUT2D eigenvalue weighted by atomic mass is 16.7. The minimum Gasteiger partial charge on any atom is -0.410 e. The number of carbonyl (C=O) groups is 1. The number of benzene rings is 1. The fraction of sp³-hybridized carbons (Fsp3) is 0.462. The predicted octanol–water partition coefficient (Wildman–Crippen LogP) is 2.23. The average Bonchev–Trinajstić information content (AvgIpc) is 2.70. The number of rotatable bonds is 2.